The van der Waals surface area contributed by atoms with Gasteiger partial charge in [0.2, 0.25) is 0 Å². The van der Waals surface area contributed by atoms with E-state index in [9.17, 15) is 14.9 Å². The Balaban J connectivity index is 1.69. The van der Waals surface area contributed by atoms with Crippen LogP contribution in [-0.2, 0) is 9.59 Å². The number of hydrogen-bond acceptors (Lipinski definition) is 4. The van der Waals surface area contributed by atoms with Gasteiger partial charge in [-0.2, -0.15) is 5.26 Å². The lowest BCUT2D eigenvalue weighted by molar-refractivity contribution is -0.158. The Bertz CT molecular complexity index is 1090. The number of nitriles is 1. The van der Waals surface area contributed by atoms with Crippen molar-refractivity contribution in [2.45, 2.75) is 99.0 Å². The van der Waals surface area contributed by atoms with Crippen LogP contribution < -0.4 is 5.73 Å². The summed E-state index contributed by atoms with van der Waals surface area (Å²) < 4.78 is 0. The Morgan fingerprint density at radius 1 is 0.971 bits per heavy atom. The van der Waals surface area contributed by atoms with Crippen molar-refractivity contribution in [3.05, 3.63) is 23.3 Å². The number of nitrogens with two attached hydrogens (primary N) is 1. The highest BCUT2D eigenvalue weighted by Crippen LogP contribution is 2.73. The van der Waals surface area contributed by atoms with E-state index in [4.69, 9.17) is 5.73 Å². The third-order valence-electron chi connectivity index (χ3n) is 11.9. The molecule has 0 radical (unpaired) electrons. The molecule has 7 atom stereocenters. The van der Waals surface area contributed by atoms with Crippen LogP contribution >= 0.6 is 0 Å². The van der Waals surface area contributed by atoms with Crippen LogP contribution in [0.2, 0.25) is 0 Å². The van der Waals surface area contributed by atoms with E-state index < -0.39 is 10.8 Å². The average molecular weight is 463 g/mol. The highest BCUT2D eigenvalue weighted by atomic mass is 16.1. The fourth-order valence-corrected chi connectivity index (χ4v) is 9.67. The fourth-order valence-electron chi connectivity index (χ4n) is 9.67. The molecule has 4 nitrogen and oxygen atoms in total. The molecular weight excluding hydrogens is 420 g/mol. The van der Waals surface area contributed by atoms with Gasteiger partial charge in [0.1, 0.15) is 6.07 Å². The molecule has 4 heteroatoms. The Labute approximate surface area is 205 Å². The van der Waals surface area contributed by atoms with E-state index in [0.29, 0.717) is 0 Å². The van der Waals surface area contributed by atoms with Crippen molar-refractivity contribution in [2.75, 3.05) is 0 Å². The molecule has 0 aromatic rings. The second-order valence-electron chi connectivity index (χ2n) is 14.5. The molecule has 3 unspecified atom stereocenters. The van der Waals surface area contributed by atoms with Gasteiger partial charge in [-0.3, -0.25) is 9.59 Å². The molecule has 0 aliphatic heterocycles. The molecule has 34 heavy (non-hydrogen) atoms. The minimum absolute atomic E-state index is 0.0529. The van der Waals surface area contributed by atoms with E-state index in [1.807, 2.05) is 26.0 Å². The number of carbonyl (C=O) groups excluding carboxylic acids is 2. The van der Waals surface area contributed by atoms with Gasteiger partial charge in [-0.25, -0.2) is 0 Å². The van der Waals surface area contributed by atoms with Gasteiger partial charge in [-0.1, -0.05) is 60.1 Å². The minimum atomic E-state index is -0.621. The number of hydrogen-bond donors (Lipinski definition) is 1. The molecule has 0 spiro atoms. The highest BCUT2D eigenvalue weighted by molar-refractivity contribution is 6.04. The van der Waals surface area contributed by atoms with E-state index in [2.05, 4.69) is 40.7 Å². The van der Waals surface area contributed by atoms with E-state index in [1.165, 1.54) is 0 Å². The smallest absolute Gasteiger partial charge is 0.178 e. The minimum Gasteiger partial charge on any atom is -0.325 e. The lowest BCUT2D eigenvalue weighted by Gasteiger charge is -2.69. The Morgan fingerprint density at radius 2 is 1.62 bits per heavy atom. The molecule has 2 N–H and O–H groups in total. The third-order valence-corrected chi connectivity index (χ3v) is 11.9. The van der Waals surface area contributed by atoms with Crippen molar-refractivity contribution in [1.29, 1.82) is 5.26 Å². The van der Waals surface area contributed by atoms with Crippen molar-refractivity contribution in [2.24, 2.45) is 50.6 Å². The first-order valence-electron chi connectivity index (χ1n) is 13.3. The number of carbonyl (C=O) groups is 2. The van der Waals surface area contributed by atoms with Crippen LogP contribution in [0.4, 0.5) is 0 Å². The maximum Gasteiger partial charge on any atom is 0.178 e. The predicted molar refractivity (Wildman–Crippen MR) is 133 cm³/mol. The topological polar surface area (TPSA) is 83.9 Å². The summed E-state index contributed by atoms with van der Waals surface area (Å²) in [7, 11) is 0. The monoisotopic (exact) mass is 462 g/mol. The van der Waals surface area contributed by atoms with Crippen molar-refractivity contribution >= 4 is 11.6 Å². The van der Waals surface area contributed by atoms with Crippen LogP contribution in [0.5, 0.6) is 0 Å². The van der Waals surface area contributed by atoms with Gasteiger partial charge in [0, 0.05) is 22.3 Å². The molecule has 3 fully saturated rings. The van der Waals surface area contributed by atoms with Crippen molar-refractivity contribution in [3.63, 3.8) is 0 Å². The van der Waals surface area contributed by atoms with Gasteiger partial charge in [-0.15, -0.1) is 0 Å². The summed E-state index contributed by atoms with van der Waals surface area (Å²) in [6, 6.07) is 2.19. The zero-order valence-electron chi connectivity index (χ0n) is 22.2. The standard InChI is InChI=1S/C30H42N2O2/c1-25(2)10-12-30(32)13-11-29(7)23(19(30)16-25)20(33)14-22-27(5)15-18(17-31)24(34)26(3,4)21(27)8-9-28(22,29)6/h14-15,19,21,23H,8-13,16,32H2,1-7H3/t19?,21?,23?,27-,28+,29+,30-/m0/s1. The molecule has 0 aromatic heterocycles. The zero-order valence-corrected chi connectivity index (χ0v) is 22.2. The van der Waals surface area contributed by atoms with E-state index >= 15 is 0 Å². The summed E-state index contributed by atoms with van der Waals surface area (Å²) in [6.45, 7) is 15.6. The maximum absolute atomic E-state index is 14.1. The fraction of sp³-hybridized carbons (Fsp3) is 0.767. The summed E-state index contributed by atoms with van der Waals surface area (Å²) in [5.74, 6) is 0.413. The van der Waals surface area contributed by atoms with Crippen LogP contribution in [0.1, 0.15) is 93.4 Å². The van der Waals surface area contributed by atoms with Gasteiger partial charge in [0.25, 0.3) is 0 Å². The van der Waals surface area contributed by atoms with Crippen molar-refractivity contribution < 1.29 is 9.59 Å². The largest absolute Gasteiger partial charge is 0.325 e. The normalized spacial score (nSPS) is 48.9. The summed E-state index contributed by atoms with van der Waals surface area (Å²) in [5.41, 5.74) is 7.05. The van der Waals surface area contributed by atoms with Gasteiger partial charge in [-0.05, 0) is 79.1 Å². The second kappa shape index (κ2) is 6.73. The second-order valence-corrected chi connectivity index (χ2v) is 14.5. The molecular formula is C30H42N2O2. The van der Waals surface area contributed by atoms with Crippen molar-refractivity contribution in [3.8, 4) is 6.07 Å². The van der Waals surface area contributed by atoms with E-state index in [-0.39, 0.29) is 56.7 Å². The molecule has 184 valence electrons. The van der Waals surface area contributed by atoms with Gasteiger partial charge >= 0.3 is 0 Å². The first-order chi connectivity index (χ1) is 15.6. The van der Waals surface area contributed by atoms with Crippen molar-refractivity contribution in [1.82, 2.24) is 0 Å². The third kappa shape index (κ3) is 2.74. The lowest BCUT2D eigenvalue weighted by atomic mass is 9.35. The molecule has 5 rings (SSSR count). The molecule has 0 bridgehead atoms. The molecule has 0 amide bonds. The highest BCUT2D eigenvalue weighted by Gasteiger charge is 2.69. The van der Waals surface area contributed by atoms with Crippen LogP contribution in [0.25, 0.3) is 0 Å². The number of fused-ring (bicyclic) bond motifs is 7. The molecule has 0 heterocycles. The molecule has 5 aliphatic carbocycles. The van der Waals surface area contributed by atoms with Crippen LogP contribution in [-0.4, -0.2) is 17.1 Å². The van der Waals surface area contributed by atoms with E-state index in [1.54, 1.807) is 0 Å². The van der Waals surface area contributed by atoms with Gasteiger partial charge < -0.3 is 5.73 Å². The summed E-state index contributed by atoms with van der Waals surface area (Å²) in [5, 5.41) is 9.82. The average Bonchev–Trinajstić information content (AvgIpc) is 2.74. The number of ketones is 2. The first-order valence-corrected chi connectivity index (χ1v) is 13.3. The Kier molecular flexibility index (Phi) is 4.74. The van der Waals surface area contributed by atoms with Gasteiger partial charge in [0.15, 0.2) is 11.6 Å². The molecule has 0 saturated heterocycles. The van der Waals surface area contributed by atoms with E-state index in [0.717, 1.165) is 50.5 Å². The zero-order chi connectivity index (χ0) is 25.1. The number of rotatable bonds is 0. The Morgan fingerprint density at radius 3 is 2.26 bits per heavy atom. The number of Topliss-reactive ketones (excluding diaryl/α,β-unsaturated/α-hetero) is 1. The summed E-state index contributed by atoms with van der Waals surface area (Å²) in [6.07, 6.45) is 10.9. The predicted octanol–water partition coefficient (Wildman–Crippen LogP) is 5.92. The van der Waals surface area contributed by atoms with Crippen LogP contribution in [0.15, 0.2) is 23.3 Å². The number of allylic oxidation sites excluding steroid dienone is 4. The maximum atomic E-state index is 14.1. The van der Waals surface area contributed by atoms with Crippen LogP contribution in [0.3, 0.4) is 0 Å². The first kappa shape index (κ1) is 24.0. The SMILES string of the molecule is CC1(C)CC[C@]2(N)CC[C@]3(C)C(C(=O)C=C4[C@@]5(C)C=C(C#N)C(=O)C(C)(C)C5CC[C@]43C)C2C1. The lowest BCUT2D eigenvalue weighted by Crippen LogP contribution is -2.68. The summed E-state index contributed by atoms with van der Waals surface area (Å²) >= 11 is 0. The molecule has 0 aromatic carbocycles. The molecule has 5 aliphatic rings. The Hall–Kier alpha value is -1.73. The van der Waals surface area contributed by atoms with Crippen LogP contribution in [0, 0.1) is 56.2 Å². The quantitative estimate of drug-likeness (QED) is 0.484. The summed E-state index contributed by atoms with van der Waals surface area (Å²) in [4.78, 5) is 27.3. The van der Waals surface area contributed by atoms with Gasteiger partial charge in [0.05, 0.1) is 5.57 Å². The molecule has 3 saturated carbocycles. The number of nitrogens with zero attached hydrogens (tertiary/aromatic N) is 1.